The molecule has 0 aliphatic heterocycles. The van der Waals surface area contributed by atoms with Crippen molar-refractivity contribution in [3.63, 3.8) is 0 Å². The molecule has 0 unspecified atom stereocenters. The lowest BCUT2D eigenvalue weighted by molar-refractivity contribution is 0.159. The van der Waals surface area contributed by atoms with E-state index in [4.69, 9.17) is 0 Å². The summed E-state index contributed by atoms with van der Waals surface area (Å²) in [6.45, 7) is 2.06. The molecule has 1 rings (SSSR count). The van der Waals surface area contributed by atoms with Crippen LogP contribution in [0.2, 0.25) is 0 Å². The first-order valence-corrected chi connectivity index (χ1v) is 5.08. The molecule has 3 nitrogen and oxygen atoms in total. The second kappa shape index (κ2) is 5.10. The van der Waals surface area contributed by atoms with Crippen LogP contribution in [-0.2, 0) is 4.74 Å². The van der Waals surface area contributed by atoms with E-state index in [9.17, 15) is 4.79 Å². The van der Waals surface area contributed by atoms with Gasteiger partial charge >= 0.3 is 6.09 Å². The Kier molecular flexibility index (Phi) is 4.06. The number of carbonyl (C=O) groups is 1. The van der Waals surface area contributed by atoms with E-state index < -0.39 is 0 Å². The van der Waals surface area contributed by atoms with Gasteiger partial charge in [-0.1, -0.05) is 19.3 Å². The van der Waals surface area contributed by atoms with E-state index in [1.165, 1.54) is 39.2 Å². The monoisotopic (exact) mass is 185 g/mol. The number of hydrogen-bond acceptors (Lipinski definition) is 2. The molecule has 0 saturated heterocycles. The average molecular weight is 185 g/mol. The third-order valence-corrected chi connectivity index (χ3v) is 2.89. The van der Waals surface area contributed by atoms with Crippen LogP contribution in [-0.4, -0.2) is 19.2 Å². The van der Waals surface area contributed by atoms with E-state index in [0.717, 1.165) is 0 Å². The number of rotatable bonds is 2. The molecule has 1 amide bonds. The summed E-state index contributed by atoms with van der Waals surface area (Å²) < 4.78 is 4.56. The first kappa shape index (κ1) is 10.4. The van der Waals surface area contributed by atoms with Gasteiger partial charge in [0.05, 0.1) is 7.11 Å². The van der Waals surface area contributed by atoms with Gasteiger partial charge in [-0.15, -0.1) is 0 Å². The highest BCUT2D eigenvalue weighted by Gasteiger charge is 2.21. The number of nitrogens with one attached hydrogen (secondary N) is 1. The molecule has 1 N–H and O–H groups in total. The van der Waals surface area contributed by atoms with Crippen LogP contribution < -0.4 is 5.32 Å². The van der Waals surface area contributed by atoms with Gasteiger partial charge in [0, 0.05) is 6.04 Å². The predicted octanol–water partition coefficient (Wildman–Crippen LogP) is 2.31. The largest absolute Gasteiger partial charge is 0.453 e. The predicted molar refractivity (Wildman–Crippen MR) is 51.6 cm³/mol. The van der Waals surface area contributed by atoms with Crippen LogP contribution in [0.3, 0.4) is 0 Å². The van der Waals surface area contributed by atoms with Crippen molar-refractivity contribution in [2.45, 2.75) is 45.1 Å². The summed E-state index contributed by atoms with van der Waals surface area (Å²) in [5.41, 5.74) is 0. The zero-order chi connectivity index (χ0) is 9.68. The van der Waals surface area contributed by atoms with E-state index in [1.807, 2.05) is 0 Å². The topological polar surface area (TPSA) is 38.3 Å². The molecule has 1 saturated carbocycles. The minimum Gasteiger partial charge on any atom is -0.453 e. The van der Waals surface area contributed by atoms with Crippen molar-refractivity contribution in [2.24, 2.45) is 5.92 Å². The Morgan fingerprint density at radius 1 is 1.38 bits per heavy atom. The Morgan fingerprint density at radius 3 is 2.54 bits per heavy atom. The maximum atomic E-state index is 10.9. The summed E-state index contributed by atoms with van der Waals surface area (Å²) in [5.74, 6) is 0.646. The van der Waals surface area contributed by atoms with Crippen molar-refractivity contribution in [3.8, 4) is 0 Å². The lowest BCUT2D eigenvalue weighted by Crippen LogP contribution is -2.38. The zero-order valence-corrected chi connectivity index (χ0v) is 8.51. The summed E-state index contributed by atoms with van der Waals surface area (Å²) in [7, 11) is 1.41. The van der Waals surface area contributed by atoms with Crippen LogP contribution >= 0.6 is 0 Å². The van der Waals surface area contributed by atoms with Gasteiger partial charge in [0.1, 0.15) is 0 Å². The molecule has 0 radical (unpaired) electrons. The van der Waals surface area contributed by atoms with Crippen molar-refractivity contribution >= 4 is 6.09 Å². The lowest BCUT2D eigenvalue weighted by Gasteiger charge is -2.27. The summed E-state index contributed by atoms with van der Waals surface area (Å²) in [6, 6.07) is 0.257. The fourth-order valence-corrected chi connectivity index (χ4v) is 2.00. The number of alkyl carbamates (subject to hydrolysis) is 1. The van der Waals surface area contributed by atoms with E-state index >= 15 is 0 Å². The smallest absolute Gasteiger partial charge is 0.407 e. The molecule has 3 heteroatoms. The maximum Gasteiger partial charge on any atom is 0.407 e. The summed E-state index contributed by atoms with van der Waals surface area (Å²) in [6.07, 6.45) is 6.13. The number of ether oxygens (including phenoxy) is 1. The summed E-state index contributed by atoms with van der Waals surface area (Å²) >= 11 is 0. The molecule has 0 aromatic rings. The Labute approximate surface area is 79.8 Å². The third kappa shape index (κ3) is 3.25. The van der Waals surface area contributed by atoms with Crippen LogP contribution in [0.15, 0.2) is 0 Å². The Morgan fingerprint density at radius 2 is 2.00 bits per heavy atom. The normalized spacial score (nSPS) is 20.8. The molecular weight excluding hydrogens is 166 g/mol. The molecule has 1 fully saturated rings. The molecular formula is C10H19NO2. The van der Waals surface area contributed by atoms with Gasteiger partial charge in [0.2, 0.25) is 0 Å². The first-order chi connectivity index (χ1) is 6.24. The van der Waals surface area contributed by atoms with E-state index in [0.29, 0.717) is 5.92 Å². The fraction of sp³-hybridized carbons (Fsp3) is 0.900. The highest BCUT2D eigenvalue weighted by atomic mass is 16.5. The van der Waals surface area contributed by atoms with Crippen molar-refractivity contribution in [1.29, 1.82) is 0 Å². The van der Waals surface area contributed by atoms with Crippen molar-refractivity contribution < 1.29 is 9.53 Å². The molecule has 1 aliphatic carbocycles. The molecule has 0 spiro atoms. The Bertz CT molecular complexity index is 164. The summed E-state index contributed by atoms with van der Waals surface area (Å²) in [5, 5.41) is 2.84. The van der Waals surface area contributed by atoms with Gasteiger partial charge in [0.25, 0.3) is 0 Å². The van der Waals surface area contributed by atoms with Crippen LogP contribution in [0.4, 0.5) is 4.79 Å². The fourth-order valence-electron chi connectivity index (χ4n) is 2.00. The number of hydrogen-bond donors (Lipinski definition) is 1. The third-order valence-electron chi connectivity index (χ3n) is 2.89. The van der Waals surface area contributed by atoms with Gasteiger partial charge < -0.3 is 10.1 Å². The minimum absolute atomic E-state index is 0.257. The molecule has 0 aromatic carbocycles. The quantitative estimate of drug-likeness (QED) is 0.717. The second-order valence-electron chi connectivity index (χ2n) is 3.82. The summed E-state index contributed by atoms with van der Waals surface area (Å²) in [4.78, 5) is 10.9. The van der Waals surface area contributed by atoms with Gasteiger partial charge in [-0.2, -0.15) is 0 Å². The maximum absolute atomic E-state index is 10.9. The van der Waals surface area contributed by atoms with Crippen LogP contribution in [0.25, 0.3) is 0 Å². The van der Waals surface area contributed by atoms with E-state index in [-0.39, 0.29) is 12.1 Å². The lowest BCUT2D eigenvalue weighted by atomic mass is 9.85. The van der Waals surface area contributed by atoms with Gasteiger partial charge in [-0.25, -0.2) is 4.79 Å². The average Bonchev–Trinajstić information content (AvgIpc) is 2.19. The van der Waals surface area contributed by atoms with Crippen LogP contribution in [0.1, 0.15) is 39.0 Å². The van der Waals surface area contributed by atoms with Gasteiger partial charge in [0.15, 0.2) is 0 Å². The molecule has 1 atom stereocenters. The van der Waals surface area contributed by atoms with Crippen LogP contribution in [0.5, 0.6) is 0 Å². The molecule has 13 heavy (non-hydrogen) atoms. The highest BCUT2D eigenvalue weighted by Crippen LogP contribution is 2.26. The van der Waals surface area contributed by atoms with E-state index in [2.05, 4.69) is 17.0 Å². The standard InChI is InChI=1S/C10H19NO2/c1-8(11-10(12)13-2)9-6-4-3-5-7-9/h8-9H,3-7H2,1-2H3,(H,11,12)/t8-/m0/s1. The molecule has 76 valence electrons. The first-order valence-electron chi connectivity index (χ1n) is 5.08. The van der Waals surface area contributed by atoms with Crippen molar-refractivity contribution in [1.82, 2.24) is 5.32 Å². The van der Waals surface area contributed by atoms with Crippen molar-refractivity contribution in [2.75, 3.05) is 7.11 Å². The van der Waals surface area contributed by atoms with E-state index in [1.54, 1.807) is 0 Å². The SMILES string of the molecule is COC(=O)N[C@@H](C)C1CCCCC1. The number of carbonyl (C=O) groups excluding carboxylic acids is 1. The number of amides is 1. The molecule has 0 aromatic heterocycles. The Hall–Kier alpha value is -0.730. The molecule has 0 heterocycles. The van der Waals surface area contributed by atoms with Crippen LogP contribution in [0, 0.1) is 5.92 Å². The van der Waals surface area contributed by atoms with Gasteiger partial charge in [-0.05, 0) is 25.7 Å². The highest BCUT2D eigenvalue weighted by molar-refractivity contribution is 5.67. The number of methoxy groups -OCH3 is 1. The molecule has 0 bridgehead atoms. The Balaban J connectivity index is 2.28. The van der Waals surface area contributed by atoms with Crippen molar-refractivity contribution in [3.05, 3.63) is 0 Å². The minimum atomic E-state index is -0.307. The molecule has 1 aliphatic rings. The van der Waals surface area contributed by atoms with Gasteiger partial charge in [-0.3, -0.25) is 0 Å². The second-order valence-corrected chi connectivity index (χ2v) is 3.82. The zero-order valence-electron chi connectivity index (χ0n) is 8.51.